The molecule has 28 heavy (non-hydrogen) atoms. The molecular formula is C19H24N6O3. The van der Waals surface area contributed by atoms with Crippen molar-refractivity contribution in [2.24, 2.45) is 0 Å². The monoisotopic (exact) mass is 384 g/mol. The lowest BCUT2D eigenvalue weighted by Crippen LogP contribution is -2.32. The largest absolute Gasteiger partial charge is 0.364 e. The minimum Gasteiger partial charge on any atom is -0.364 e. The van der Waals surface area contributed by atoms with E-state index >= 15 is 0 Å². The molecule has 1 amide bonds. The molecule has 1 aromatic heterocycles. The molecule has 148 valence electrons. The predicted octanol–water partition coefficient (Wildman–Crippen LogP) is 2.24. The fourth-order valence-corrected chi connectivity index (χ4v) is 3.27. The average molecular weight is 384 g/mol. The van der Waals surface area contributed by atoms with E-state index in [4.69, 9.17) is 0 Å². The number of nitrogens with one attached hydrogen (secondary N) is 1. The minimum atomic E-state index is -0.424. The zero-order valence-corrected chi connectivity index (χ0v) is 16.0. The van der Waals surface area contributed by atoms with Gasteiger partial charge in [-0.1, -0.05) is 0 Å². The number of carbonyl (C=O) groups excluding carboxylic acids is 1. The van der Waals surface area contributed by atoms with Gasteiger partial charge in [-0.2, -0.15) is 5.10 Å². The van der Waals surface area contributed by atoms with Gasteiger partial charge >= 0.3 is 0 Å². The Hall–Kier alpha value is -3.23. The summed E-state index contributed by atoms with van der Waals surface area (Å²) in [5, 5.41) is 22.5. The molecule has 0 spiro atoms. The quantitative estimate of drug-likeness (QED) is 0.622. The van der Waals surface area contributed by atoms with Crippen molar-refractivity contribution < 1.29 is 9.72 Å². The summed E-state index contributed by atoms with van der Waals surface area (Å²) in [6.45, 7) is 6.49. The van der Waals surface area contributed by atoms with Gasteiger partial charge in [0.05, 0.1) is 4.92 Å². The summed E-state index contributed by atoms with van der Waals surface area (Å²) in [5.41, 5.74) is 0.775. The molecule has 3 rings (SSSR count). The normalized spacial score (nSPS) is 14.7. The smallest absolute Gasteiger partial charge is 0.293 e. The van der Waals surface area contributed by atoms with Crippen LogP contribution in [-0.2, 0) is 0 Å². The zero-order valence-electron chi connectivity index (χ0n) is 16.0. The summed E-state index contributed by atoms with van der Waals surface area (Å²) in [7, 11) is 0. The Balaban J connectivity index is 1.80. The van der Waals surface area contributed by atoms with Gasteiger partial charge in [0.1, 0.15) is 5.69 Å². The number of amides is 1. The van der Waals surface area contributed by atoms with Crippen molar-refractivity contribution in [1.82, 2.24) is 15.5 Å². The molecule has 0 unspecified atom stereocenters. The summed E-state index contributed by atoms with van der Waals surface area (Å²) in [6, 6.07) is 8.39. The van der Waals surface area contributed by atoms with E-state index in [1.165, 1.54) is 6.07 Å². The molecule has 0 aliphatic carbocycles. The summed E-state index contributed by atoms with van der Waals surface area (Å²) in [6.07, 6.45) is 2.47. The van der Waals surface area contributed by atoms with Crippen molar-refractivity contribution >= 4 is 23.1 Å². The molecule has 1 fully saturated rings. The second-order valence-corrected chi connectivity index (χ2v) is 7.00. The highest BCUT2D eigenvalue weighted by atomic mass is 16.6. The van der Waals surface area contributed by atoms with E-state index in [9.17, 15) is 14.9 Å². The minimum absolute atomic E-state index is 0.0380. The second-order valence-electron chi connectivity index (χ2n) is 7.00. The standard InChI is InChI=1S/C19H24N6O3/c1-14(2)21-19(26)15-6-7-16(17(13-15)25(27)28)23-9-4-10-24(12-11-23)18-5-3-8-20-22-18/h3,5-8,13-14H,4,9-12H2,1-2H3,(H,21,26). The van der Waals surface area contributed by atoms with Crippen LogP contribution in [0.5, 0.6) is 0 Å². The van der Waals surface area contributed by atoms with E-state index in [2.05, 4.69) is 20.4 Å². The van der Waals surface area contributed by atoms with Crippen LogP contribution < -0.4 is 15.1 Å². The number of aromatic nitrogens is 2. The molecule has 0 saturated carbocycles. The molecule has 0 atom stereocenters. The van der Waals surface area contributed by atoms with Crippen LogP contribution in [-0.4, -0.2) is 53.2 Å². The second kappa shape index (κ2) is 8.64. The van der Waals surface area contributed by atoms with E-state index < -0.39 is 4.92 Å². The number of nitro benzene ring substituents is 1. The summed E-state index contributed by atoms with van der Waals surface area (Å²) < 4.78 is 0. The zero-order chi connectivity index (χ0) is 20.1. The topological polar surface area (TPSA) is 104 Å². The highest BCUT2D eigenvalue weighted by Crippen LogP contribution is 2.30. The third kappa shape index (κ3) is 4.54. The molecule has 0 bridgehead atoms. The van der Waals surface area contributed by atoms with Gasteiger partial charge in [-0.05, 0) is 44.5 Å². The Morgan fingerprint density at radius 1 is 1.18 bits per heavy atom. The number of nitrogens with zero attached hydrogens (tertiary/aromatic N) is 5. The summed E-state index contributed by atoms with van der Waals surface area (Å²) >= 11 is 0. The molecule has 1 saturated heterocycles. The van der Waals surface area contributed by atoms with E-state index in [1.54, 1.807) is 18.3 Å². The van der Waals surface area contributed by atoms with E-state index in [0.29, 0.717) is 30.9 Å². The van der Waals surface area contributed by atoms with Gasteiger partial charge in [0.15, 0.2) is 5.82 Å². The van der Waals surface area contributed by atoms with Gasteiger partial charge in [-0.25, -0.2) is 0 Å². The molecule has 1 aliphatic heterocycles. The summed E-state index contributed by atoms with van der Waals surface area (Å²) in [4.78, 5) is 27.6. The van der Waals surface area contributed by atoms with Crippen LogP contribution in [0.3, 0.4) is 0 Å². The Kier molecular flexibility index (Phi) is 6.03. The van der Waals surface area contributed by atoms with Crippen LogP contribution >= 0.6 is 0 Å². The van der Waals surface area contributed by atoms with Gasteiger partial charge in [-0.3, -0.25) is 14.9 Å². The average Bonchev–Trinajstić information content (AvgIpc) is 2.94. The van der Waals surface area contributed by atoms with E-state index in [1.807, 2.05) is 30.9 Å². The fourth-order valence-electron chi connectivity index (χ4n) is 3.27. The lowest BCUT2D eigenvalue weighted by molar-refractivity contribution is -0.384. The predicted molar refractivity (Wildman–Crippen MR) is 107 cm³/mol. The van der Waals surface area contributed by atoms with Crippen molar-refractivity contribution in [2.45, 2.75) is 26.3 Å². The highest BCUT2D eigenvalue weighted by molar-refractivity contribution is 5.96. The number of hydrogen-bond acceptors (Lipinski definition) is 7. The van der Waals surface area contributed by atoms with Crippen molar-refractivity contribution in [3.8, 4) is 0 Å². The van der Waals surface area contributed by atoms with E-state index in [-0.39, 0.29) is 17.6 Å². The molecule has 9 heteroatoms. The maximum absolute atomic E-state index is 12.2. The van der Waals surface area contributed by atoms with Crippen molar-refractivity contribution in [3.63, 3.8) is 0 Å². The first-order valence-electron chi connectivity index (χ1n) is 9.32. The molecule has 1 N–H and O–H groups in total. The maximum Gasteiger partial charge on any atom is 0.293 e. The van der Waals surface area contributed by atoms with Crippen LogP contribution in [0.4, 0.5) is 17.2 Å². The molecule has 0 radical (unpaired) electrons. The highest BCUT2D eigenvalue weighted by Gasteiger charge is 2.24. The van der Waals surface area contributed by atoms with Gasteiger partial charge in [0.2, 0.25) is 0 Å². The fraction of sp³-hybridized carbons (Fsp3) is 0.421. The number of anilines is 2. The molecule has 2 heterocycles. The Labute approximate surface area is 163 Å². The molecule has 1 aromatic carbocycles. The van der Waals surface area contributed by atoms with Gasteiger partial charge in [0.25, 0.3) is 11.6 Å². The molecule has 1 aliphatic rings. The number of rotatable bonds is 5. The molecule has 2 aromatic rings. The summed E-state index contributed by atoms with van der Waals surface area (Å²) in [5.74, 6) is 0.494. The third-order valence-corrected chi connectivity index (χ3v) is 4.57. The first kappa shape index (κ1) is 19.5. The van der Waals surface area contributed by atoms with Crippen LogP contribution in [0.2, 0.25) is 0 Å². The van der Waals surface area contributed by atoms with Gasteiger partial charge < -0.3 is 15.1 Å². The first-order chi connectivity index (χ1) is 13.5. The lowest BCUT2D eigenvalue weighted by Gasteiger charge is -2.24. The SMILES string of the molecule is CC(C)NC(=O)c1ccc(N2CCCN(c3cccnn3)CC2)c([N+](=O)[O-])c1. The number of benzene rings is 1. The molecule has 9 nitrogen and oxygen atoms in total. The Morgan fingerprint density at radius 2 is 1.93 bits per heavy atom. The third-order valence-electron chi connectivity index (χ3n) is 4.57. The Morgan fingerprint density at radius 3 is 2.61 bits per heavy atom. The lowest BCUT2D eigenvalue weighted by atomic mass is 10.1. The number of carbonyl (C=O) groups is 1. The number of hydrogen-bond donors (Lipinski definition) is 1. The maximum atomic E-state index is 12.2. The van der Waals surface area contributed by atoms with Crippen LogP contribution in [0.25, 0.3) is 0 Å². The van der Waals surface area contributed by atoms with E-state index in [0.717, 1.165) is 18.8 Å². The van der Waals surface area contributed by atoms with Crippen LogP contribution in [0.1, 0.15) is 30.6 Å². The first-order valence-corrected chi connectivity index (χ1v) is 9.32. The van der Waals surface area contributed by atoms with Gasteiger partial charge in [0, 0.05) is 50.0 Å². The van der Waals surface area contributed by atoms with Crippen molar-refractivity contribution in [3.05, 3.63) is 52.2 Å². The van der Waals surface area contributed by atoms with Crippen molar-refractivity contribution in [1.29, 1.82) is 0 Å². The Bertz CT molecular complexity index is 843. The number of nitro groups is 1. The van der Waals surface area contributed by atoms with Crippen LogP contribution in [0.15, 0.2) is 36.5 Å². The molecular weight excluding hydrogens is 360 g/mol. The van der Waals surface area contributed by atoms with Crippen LogP contribution in [0, 0.1) is 10.1 Å². The van der Waals surface area contributed by atoms with Crippen molar-refractivity contribution in [2.75, 3.05) is 36.0 Å². The van der Waals surface area contributed by atoms with Gasteiger partial charge in [-0.15, -0.1) is 5.10 Å².